The summed E-state index contributed by atoms with van der Waals surface area (Å²) in [6, 6.07) is 7.97. The molecular weight excluding hydrogens is 248 g/mol. The molecule has 0 bridgehead atoms. The van der Waals surface area contributed by atoms with Crippen molar-refractivity contribution in [3.05, 3.63) is 29.8 Å². The van der Waals surface area contributed by atoms with Crippen molar-refractivity contribution in [2.24, 2.45) is 11.8 Å². The van der Waals surface area contributed by atoms with Crippen molar-refractivity contribution in [2.45, 2.75) is 58.5 Å². The van der Waals surface area contributed by atoms with Crippen molar-refractivity contribution in [1.82, 2.24) is 0 Å². The summed E-state index contributed by atoms with van der Waals surface area (Å²) in [6.45, 7) is 5.01. The average molecular weight is 276 g/mol. The molecule has 112 valence electrons. The van der Waals surface area contributed by atoms with Crippen LogP contribution in [-0.4, -0.2) is 11.7 Å². The predicted molar refractivity (Wildman–Crippen MR) is 82.9 cm³/mol. The molecule has 2 nitrogen and oxygen atoms in total. The van der Waals surface area contributed by atoms with Crippen LogP contribution >= 0.6 is 0 Å². The van der Waals surface area contributed by atoms with E-state index in [4.69, 9.17) is 4.74 Å². The number of benzene rings is 1. The third kappa shape index (κ3) is 4.24. The molecule has 0 saturated heterocycles. The topological polar surface area (TPSA) is 29.5 Å². The zero-order chi connectivity index (χ0) is 14.4. The van der Waals surface area contributed by atoms with E-state index in [1.807, 2.05) is 24.3 Å². The van der Waals surface area contributed by atoms with E-state index in [0.29, 0.717) is 5.92 Å². The molecule has 0 amide bonds. The molecule has 1 aromatic rings. The number of hydrogen-bond donors (Lipinski definition) is 1. The molecule has 1 aliphatic carbocycles. The normalized spacial score (nSPS) is 19.6. The Hall–Kier alpha value is -1.02. The predicted octanol–water partition coefficient (Wildman–Crippen LogP) is 4.73. The van der Waals surface area contributed by atoms with Crippen LogP contribution in [0.3, 0.4) is 0 Å². The Kier molecular flexibility index (Phi) is 5.90. The Morgan fingerprint density at radius 1 is 1.25 bits per heavy atom. The van der Waals surface area contributed by atoms with Crippen LogP contribution in [0.15, 0.2) is 24.3 Å². The first-order valence-electron chi connectivity index (χ1n) is 8.11. The second-order valence-corrected chi connectivity index (χ2v) is 6.22. The van der Waals surface area contributed by atoms with Gasteiger partial charge in [0, 0.05) is 0 Å². The van der Waals surface area contributed by atoms with Gasteiger partial charge in [-0.1, -0.05) is 51.7 Å². The maximum atomic E-state index is 10.3. The van der Waals surface area contributed by atoms with E-state index < -0.39 is 6.10 Å². The van der Waals surface area contributed by atoms with E-state index in [0.717, 1.165) is 24.3 Å². The summed E-state index contributed by atoms with van der Waals surface area (Å²) in [5, 5.41) is 10.3. The van der Waals surface area contributed by atoms with Gasteiger partial charge in [0.25, 0.3) is 0 Å². The maximum absolute atomic E-state index is 10.3. The molecule has 1 saturated carbocycles. The van der Waals surface area contributed by atoms with Gasteiger partial charge in [-0.15, -0.1) is 0 Å². The van der Waals surface area contributed by atoms with Gasteiger partial charge < -0.3 is 9.84 Å². The highest BCUT2D eigenvalue weighted by Gasteiger charge is 2.16. The molecule has 1 aromatic carbocycles. The second kappa shape index (κ2) is 7.68. The number of rotatable bonds is 6. The summed E-state index contributed by atoms with van der Waals surface area (Å²) in [5.74, 6) is 1.89. The summed E-state index contributed by atoms with van der Waals surface area (Å²) in [4.78, 5) is 0. The van der Waals surface area contributed by atoms with E-state index in [-0.39, 0.29) is 5.92 Å². The average Bonchev–Trinajstić information content (AvgIpc) is 2.52. The van der Waals surface area contributed by atoms with Crippen molar-refractivity contribution in [3.8, 4) is 5.75 Å². The summed E-state index contributed by atoms with van der Waals surface area (Å²) in [7, 11) is 0. The summed E-state index contributed by atoms with van der Waals surface area (Å²) in [5.41, 5.74) is 0.973. The van der Waals surface area contributed by atoms with E-state index in [1.165, 1.54) is 32.1 Å². The minimum atomic E-state index is -0.391. The van der Waals surface area contributed by atoms with E-state index in [1.54, 1.807) is 0 Å². The first kappa shape index (κ1) is 15.4. The Balaban J connectivity index is 1.91. The molecule has 1 N–H and O–H groups in total. The van der Waals surface area contributed by atoms with Crippen molar-refractivity contribution in [2.75, 3.05) is 6.61 Å². The van der Waals surface area contributed by atoms with Gasteiger partial charge in [0.15, 0.2) is 0 Å². The minimum Gasteiger partial charge on any atom is -0.493 e. The fourth-order valence-electron chi connectivity index (χ4n) is 2.91. The molecule has 2 heteroatoms. The van der Waals surface area contributed by atoms with Crippen LogP contribution < -0.4 is 4.74 Å². The van der Waals surface area contributed by atoms with Crippen LogP contribution in [0.2, 0.25) is 0 Å². The molecule has 0 radical (unpaired) electrons. The second-order valence-electron chi connectivity index (χ2n) is 6.22. The van der Waals surface area contributed by atoms with Crippen LogP contribution in [-0.2, 0) is 0 Å². The van der Waals surface area contributed by atoms with Gasteiger partial charge in [0.1, 0.15) is 5.75 Å². The van der Waals surface area contributed by atoms with Gasteiger partial charge in [0.2, 0.25) is 0 Å². The van der Waals surface area contributed by atoms with Crippen molar-refractivity contribution in [3.63, 3.8) is 0 Å². The van der Waals surface area contributed by atoms with Gasteiger partial charge in [-0.05, 0) is 42.4 Å². The van der Waals surface area contributed by atoms with Crippen molar-refractivity contribution < 1.29 is 9.84 Å². The molecule has 0 unspecified atom stereocenters. The zero-order valence-electron chi connectivity index (χ0n) is 12.8. The number of ether oxygens (including phenoxy) is 1. The summed E-state index contributed by atoms with van der Waals surface area (Å²) >= 11 is 0. The van der Waals surface area contributed by atoms with Crippen LogP contribution in [0, 0.1) is 11.8 Å². The van der Waals surface area contributed by atoms with Gasteiger partial charge in [0.05, 0.1) is 12.7 Å². The maximum Gasteiger partial charge on any atom is 0.119 e. The molecule has 1 aliphatic rings. The van der Waals surface area contributed by atoms with Crippen LogP contribution in [0.25, 0.3) is 0 Å². The third-order valence-corrected chi connectivity index (χ3v) is 4.59. The van der Waals surface area contributed by atoms with Crippen molar-refractivity contribution >= 4 is 0 Å². The fourth-order valence-corrected chi connectivity index (χ4v) is 2.91. The molecule has 0 aromatic heterocycles. The molecule has 20 heavy (non-hydrogen) atoms. The SMILES string of the molecule is CC[C@H](C)[C@@H](O)c1cccc(OCC2CCCCC2)c1. The van der Waals surface area contributed by atoms with Crippen LogP contribution in [0.4, 0.5) is 0 Å². The molecular formula is C18H28O2. The van der Waals surface area contributed by atoms with Gasteiger partial charge in [-0.2, -0.15) is 0 Å². The molecule has 2 rings (SSSR count). The lowest BCUT2D eigenvalue weighted by Gasteiger charge is -2.22. The highest BCUT2D eigenvalue weighted by molar-refractivity contribution is 5.30. The first-order valence-corrected chi connectivity index (χ1v) is 8.11. The quantitative estimate of drug-likeness (QED) is 0.814. The number of hydrogen-bond acceptors (Lipinski definition) is 2. The Labute approximate surface area is 123 Å². The number of aliphatic hydroxyl groups is 1. The third-order valence-electron chi connectivity index (χ3n) is 4.59. The summed E-state index contributed by atoms with van der Waals surface area (Å²) < 4.78 is 5.94. The standard InChI is InChI=1S/C18H28O2/c1-3-14(2)18(19)16-10-7-11-17(12-16)20-13-15-8-5-4-6-9-15/h7,10-12,14-15,18-19H,3-6,8-9,13H2,1-2H3/t14-,18+/m0/s1. The minimum absolute atomic E-state index is 0.281. The highest BCUT2D eigenvalue weighted by Crippen LogP contribution is 2.28. The Bertz CT molecular complexity index is 396. The molecule has 0 aliphatic heterocycles. The van der Waals surface area contributed by atoms with Gasteiger partial charge in [-0.3, -0.25) is 0 Å². The van der Waals surface area contributed by atoms with Gasteiger partial charge in [-0.25, -0.2) is 0 Å². The van der Waals surface area contributed by atoms with E-state index in [2.05, 4.69) is 13.8 Å². The van der Waals surface area contributed by atoms with Crippen LogP contribution in [0.5, 0.6) is 5.75 Å². The Morgan fingerprint density at radius 3 is 2.70 bits per heavy atom. The zero-order valence-corrected chi connectivity index (χ0v) is 12.8. The van der Waals surface area contributed by atoms with Crippen molar-refractivity contribution in [1.29, 1.82) is 0 Å². The molecule has 2 atom stereocenters. The highest BCUT2D eigenvalue weighted by atomic mass is 16.5. The smallest absolute Gasteiger partial charge is 0.119 e. The fraction of sp³-hybridized carbons (Fsp3) is 0.667. The van der Waals surface area contributed by atoms with Gasteiger partial charge >= 0.3 is 0 Å². The molecule has 0 heterocycles. The Morgan fingerprint density at radius 2 is 2.00 bits per heavy atom. The van der Waals surface area contributed by atoms with E-state index in [9.17, 15) is 5.11 Å². The lowest BCUT2D eigenvalue weighted by Crippen LogP contribution is -2.15. The first-order chi connectivity index (χ1) is 9.70. The monoisotopic (exact) mass is 276 g/mol. The lowest BCUT2D eigenvalue weighted by atomic mass is 9.90. The lowest BCUT2D eigenvalue weighted by molar-refractivity contribution is 0.115. The van der Waals surface area contributed by atoms with Crippen LogP contribution in [0.1, 0.15) is 64.0 Å². The van der Waals surface area contributed by atoms with E-state index >= 15 is 0 Å². The largest absolute Gasteiger partial charge is 0.493 e. The number of aliphatic hydroxyl groups excluding tert-OH is 1. The molecule has 0 spiro atoms. The summed E-state index contributed by atoms with van der Waals surface area (Å²) in [6.07, 6.45) is 7.27. The molecule has 1 fully saturated rings.